The van der Waals surface area contributed by atoms with Crippen molar-refractivity contribution in [3.63, 3.8) is 0 Å². The number of nitrogens with zero attached hydrogens (tertiary/aromatic N) is 2. The molecular weight excluding hydrogens is 204 g/mol. The lowest BCUT2D eigenvalue weighted by Gasteiger charge is -2.24. The molecule has 0 radical (unpaired) electrons. The van der Waals surface area contributed by atoms with Gasteiger partial charge < -0.3 is 22.1 Å². The Labute approximate surface area is 98.3 Å². The first-order valence-electron chi connectivity index (χ1n) is 6.13. The Morgan fingerprint density at radius 3 is 1.19 bits per heavy atom. The zero-order valence-corrected chi connectivity index (χ0v) is 10.1. The van der Waals surface area contributed by atoms with Crippen LogP contribution in [0.4, 0.5) is 0 Å². The molecule has 0 aliphatic carbocycles. The van der Waals surface area contributed by atoms with E-state index in [0.29, 0.717) is 13.3 Å². The largest absolute Gasteiger partial charge is 0.318 e. The molecule has 96 valence electrons. The molecule has 16 heavy (non-hydrogen) atoms. The first kappa shape index (κ1) is 13.8. The van der Waals surface area contributed by atoms with Crippen LogP contribution in [-0.4, -0.2) is 75.5 Å². The minimum Gasteiger partial charge on any atom is -0.318 e. The van der Waals surface area contributed by atoms with E-state index in [-0.39, 0.29) is 0 Å². The van der Waals surface area contributed by atoms with Gasteiger partial charge in [-0.1, -0.05) is 0 Å². The summed E-state index contributed by atoms with van der Waals surface area (Å²) < 4.78 is 0. The Hall–Kier alpha value is -0.240. The van der Waals surface area contributed by atoms with E-state index in [9.17, 15) is 0 Å². The second-order valence-electron chi connectivity index (χ2n) is 4.10. The number of rotatable bonds is 2. The number of piperazine rings is 2. The molecular formula is C10H26N6. The molecule has 2 saturated heterocycles. The molecule has 6 nitrogen and oxygen atoms in total. The second-order valence-corrected chi connectivity index (χ2v) is 4.10. The minimum absolute atomic E-state index is 0.710. The van der Waals surface area contributed by atoms with Crippen LogP contribution in [0, 0.1) is 0 Å². The summed E-state index contributed by atoms with van der Waals surface area (Å²) in [6.45, 7) is 10.2. The van der Waals surface area contributed by atoms with Crippen molar-refractivity contribution in [1.82, 2.24) is 20.4 Å². The van der Waals surface area contributed by atoms with Crippen molar-refractivity contribution in [2.45, 2.75) is 0 Å². The third kappa shape index (κ3) is 5.74. The third-order valence-corrected chi connectivity index (χ3v) is 2.94. The molecule has 0 saturated carbocycles. The smallest absolute Gasteiger partial charge is 0.0456 e. The van der Waals surface area contributed by atoms with E-state index in [2.05, 4.69) is 20.4 Å². The summed E-state index contributed by atoms with van der Waals surface area (Å²) in [5.41, 5.74) is 10.8. The SMILES string of the molecule is NCN1CCNCC1.NCN1CCNCC1. The van der Waals surface area contributed by atoms with E-state index in [4.69, 9.17) is 11.5 Å². The van der Waals surface area contributed by atoms with Gasteiger partial charge in [0.15, 0.2) is 0 Å². The van der Waals surface area contributed by atoms with Gasteiger partial charge in [0, 0.05) is 65.7 Å². The van der Waals surface area contributed by atoms with Gasteiger partial charge in [-0.2, -0.15) is 0 Å². The summed E-state index contributed by atoms with van der Waals surface area (Å²) in [7, 11) is 0. The summed E-state index contributed by atoms with van der Waals surface area (Å²) in [6, 6.07) is 0. The van der Waals surface area contributed by atoms with E-state index in [1.54, 1.807) is 0 Å². The first-order chi connectivity index (χ1) is 7.86. The fourth-order valence-electron chi connectivity index (χ4n) is 1.79. The van der Waals surface area contributed by atoms with Gasteiger partial charge in [0.2, 0.25) is 0 Å². The highest BCUT2D eigenvalue weighted by Gasteiger charge is 2.05. The molecule has 6 heteroatoms. The second kappa shape index (κ2) is 8.86. The van der Waals surface area contributed by atoms with Crippen LogP contribution in [-0.2, 0) is 0 Å². The van der Waals surface area contributed by atoms with Crippen LogP contribution >= 0.6 is 0 Å². The summed E-state index contributed by atoms with van der Waals surface area (Å²) in [4.78, 5) is 4.47. The zero-order valence-electron chi connectivity index (χ0n) is 10.1. The van der Waals surface area contributed by atoms with Crippen molar-refractivity contribution in [3.8, 4) is 0 Å². The normalized spacial score (nSPS) is 23.6. The molecule has 2 fully saturated rings. The van der Waals surface area contributed by atoms with Crippen LogP contribution in [0.15, 0.2) is 0 Å². The highest BCUT2D eigenvalue weighted by molar-refractivity contribution is 4.65. The number of nitrogens with two attached hydrogens (primary N) is 2. The van der Waals surface area contributed by atoms with Crippen LogP contribution in [0.2, 0.25) is 0 Å². The number of hydrogen-bond acceptors (Lipinski definition) is 6. The van der Waals surface area contributed by atoms with Gasteiger partial charge in [-0.15, -0.1) is 0 Å². The minimum atomic E-state index is 0.710. The maximum absolute atomic E-state index is 5.40. The van der Waals surface area contributed by atoms with Crippen LogP contribution in [0.3, 0.4) is 0 Å². The molecule has 0 amide bonds. The lowest BCUT2D eigenvalue weighted by molar-refractivity contribution is 0.247. The predicted octanol–water partition coefficient (Wildman–Crippen LogP) is -2.38. The van der Waals surface area contributed by atoms with Crippen LogP contribution in [0.1, 0.15) is 0 Å². The van der Waals surface area contributed by atoms with Crippen molar-refractivity contribution in [3.05, 3.63) is 0 Å². The van der Waals surface area contributed by atoms with Crippen molar-refractivity contribution in [2.24, 2.45) is 11.5 Å². The highest BCUT2D eigenvalue weighted by atomic mass is 15.2. The summed E-state index contributed by atoms with van der Waals surface area (Å²) in [5.74, 6) is 0. The standard InChI is InChI=1S/2C5H13N3/c2*6-5-8-3-1-7-2-4-8/h2*7H,1-6H2. The average molecular weight is 230 g/mol. The molecule has 0 bridgehead atoms. The Balaban J connectivity index is 0.000000160. The molecule has 2 rings (SSSR count). The van der Waals surface area contributed by atoms with Crippen LogP contribution in [0.25, 0.3) is 0 Å². The zero-order chi connectivity index (χ0) is 11.6. The number of hydrogen-bond donors (Lipinski definition) is 4. The number of nitrogens with one attached hydrogen (secondary N) is 2. The van der Waals surface area contributed by atoms with Crippen molar-refractivity contribution < 1.29 is 0 Å². The summed E-state index contributed by atoms with van der Waals surface area (Å²) >= 11 is 0. The lowest BCUT2D eigenvalue weighted by Crippen LogP contribution is -2.45. The lowest BCUT2D eigenvalue weighted by atomic mass is 10.4. The highest BCUT2D eigenvalue weighted by Crippen LogP contribution is 1.86. The maximum atomic E-state index is 5.40. The molecule has 2 aliphatic rings. The Morgan fingerprint density at radius 2 is 1.00 bits per heavy atom. The van der Waals surface area contributed by atoms with E-state index < -0.39 is 0 Å². The Kier molecular flexibility index (Phi) is 7.65. The van der Waals surface area contributed by atoms with Gasteiger partial charge in [-0.25, -0.2) is 0 Å². The molecule has 0 unspecified atom stereocenters. The molecule has 0 aromatic carbocycles. The van der Waals surface area contributed by atoms with Crippen LogP contribution < -0.4 is 22.1 Å². The topological polar surface area (TPSA) is 82.6 Å². The molecule has 0 spiro atoms. The third-order valence-electron chi connectivity index (χ3n) is 2.94. The van der Waals surface area contributed by atoms with Crippen LogP contribution in [0.5, 0.6) is 0 Å². The average Bonchev–Trinajstić information content (AvgIpc) is 2.41. The fourth-order valence-corrected chi connectivity index (χ4v) is 1.79. The van der Waals surface area contributed by atoms with E-state index >= 15 is 0 Å². The van der Waals surface area contributed by atoms with Gasteiger partial charge in [0.25, 0.3) is 0 Å². The predicted molar refractivity (Wildman–Crippen MR) is 67.0 cm³/mol. The Bertz CT molecular complexity index is 135. The monoisotopic (exact) mass is 230 g/mol. The van der Waals surface area contributed by atoms with Crippen molar-refractivity contribution in [1.29, 1.82) is 0 Å². The van der Waals surface area contributed by atoms with E-state index in [0.717, 1.165) is 52.4 Å². The van der Waals surface area contributed by atoms with Gasteiger partial charge >= 0.3 is 0 Å². The molecule has 6 N–H and O–H groups in total. The molecule has 0 aromatic rings. The summed E-state index contributed by atoms with van der Waals surface area (Å²) in [6.07, 6.45) is 0. The van der Waals surface area contributed by atoms with Crippen molar-refractivity contribution in [2.75, 3.05) is 65.7 Å². The quantitative estimate of drug-likeness (QED) is 0.424. The summed E-state index contributed by atoms with van der Waals surface area (Å²) in [5, 5.41) is 6.50. The molecule has 0 atom stereocenters. The van der Waals surface area contributed by atoms with E-state index in [1.165, 1.54) is 0 Å². The first-order valence-corrected chi connectivity index (χ1v) is 6.13. The maximum Gasteiger partial charge on any atom is 0.0456 e. The van der Waals surface area contributed by atoms with E-state index in [1.807, 2.05) is 0 Å². The van der Waals surface area contributed by atoms with Gasteiger partial charge in [-0.05, 0) is 0 Å². The van der Waals surface area contributed by atoms with Gasteiger partial charge in [0.1, 0.15) is 0 Å². The molecule has 2 heterocycles. The molecule has 2 aliphatic heterocycles. The van der Waals surface area contributed by atoms with Gasteiger partial charge in [0.05, 0.1) is 0 Å². The fraction of sp³-hybridized carbons (Fsp3) is 1.00. The Morgan fingerprint density at radius 1 is 0.688 bits per heavy atom. The van der Waals surface area contributed by atoms with Crippen molar-refractivity contribution >= 4 is 0 Å². The van der Waals surface area contributed by atoms with Gasteiger partial charge in [-0.3, -0.25) is 9.80 Å². The molecule has 0 aromatic heterocycles.